The highest BCUT2D eigenvalue weighted by molar-refractivity contribution is 5.82. The predicted molar refractivity (Wildman–Crippen MR) is 142 cm³/mol. The fourth-order valence-electron chi connectivity index (χ4n) is 8.97. The minimum absolute atomic E-state index is 0.00293. The van der Waals surface area contributed by atoms with Crippen molar-refractivity contribution in [3.63, 3.8) is 0 Å². The Morgan fingerprint density at radius 3 is 2.55 bits per heavy atom. The van der Waals surface area contributed by atoms with E-state index in [4.69, 9.17) is 4.74 Å². The summed E-state index contributed by atoms with van der Waals surface area (Å²) < 4.78 is 63.3. The van der Waals surface area contributed by atoms with Crippen molar-refractivity contribution >= 4 is 5.91 Å². The minimum Gasteiger partial charge on any atom is -0.380 e. The summed E-state index contributed by atoms with van der Waals surface area (Å²) >= 11 is 0. The van der Waals surface area contributed by atoms with Crippen LogP contribution in [0.1, 0.15) is 58.3 Å². The third kappa shape index (κ3) is 5.54. The Labute approximate surface area is 235 Å². The van der Waals surface area contributed by atoms with Crippen molar-refractivity contribution in [2.24, 2.45) is 40.9 Å². The molecule has 2 aliphatic carbocycles. The van der Waals surface area contributed by atoms with Crippen LogP contribution >= 0.6 is 0 Å². The molecule has 0 bridgehead atoms. The van der Waals surface area contributed by atoms with E-state index in [2.05, 4.69) is 22.8 Å². The number of fused-ring (bicyclic) bond motifs is 1. The number of ether oxygens (including phenoxy) is 1. The van der Waals surface area contributed by atoms with E-state index in [1.54, 1.807) is 0 Å². The van der Waals surface area contributed by atoms with Gasteiger partial charge < -0.3 is 14.5 Å². The summed E-state index contributed by atoms with van der Waals surface area (Å²) in [5, 5.41) is 0. The van der Waals surface area contributed by atoms with Gasteiger partial charge in [-0.1, -0.05) is 13.3 Å². The number of piperidine rings is 1. The number of amides is 1. The third-order valence-corrected chi connectivity index (χ3v) is 11.6. The lowest BCUT2D eigenvalue weighted by molar-refractivity contribution is -0.204. The quantitative estimate of drug-likeness (QED) is 0.474. The molecule has 4 saturated heterocycles. The SMILES string of the molecule is C[C@H]1CCN(CC2CC3C(=O)N(C4CCCC(C5(CC6NNCN6C)COC5)C4)CC3C(C(F)(F)F)C2)C[C@H]1F. The van der Waals surface area contributed by atoms with Gasteiger partial charge in [-0.25, -0.2) is 15.2 Å². The van der Waals surface area contributed by atoms with Crippen LogP contribution < -0.4 is 10.9 Å². The number of likely N-dealkylation sites (tertiary alicyclic amines) is 2. The Balaban J connectivity index is 1.14. The molecular weight excluding hydrogens is 526 g/mol. The maximum absolute atomic E-state index is 14.4. The largest absolute Gasteiger partial charge is 0.392 e. The van der Waals surface area contributed by atoms with Gasteiger partial charge in [0.1, 0.15) is 6.17 Å². The van der Waals surface area contributed by atoms with Crippen LogP contribution in [0.2, 0.25) is 0 Å². The van der Waals surface area contributed by atoms with Crippen LogP contribution in [0.25, 0.3) is 0 Å². The molecule has 0 aromatic rings. The summed E-state index contributed by atoms with van der Waals surface area (Å²) in [7, 11) is 2.09. The Kier molecular flexibility index (Phi) is 8.17. The number of carbonyl (C=O) groups is 1. The molecule has 7 nitrogen and oxygen atoms in total. The number of hydrazine groups is 1. The van der Waals surface area contributed by atoms with Crippen molar-refractivity contribution in [2.75, 3.05) is 53.1 Å². The Morgan fingerprint density at radius 1 is 1.10 bits per heavy atom. The van der Waals surface area contributed by atoms with Crippen molar-refractivity contribution in [3.05, 3.63) is 0 Å². The first-order chi connectivity index (χ1) is 19.0. The molecule has 6 rings (SSSR count). The van der Waals surface area contributed by atoms with E-state index in [1.807, 2.05) is 16.7 Å². The van der Waals surface area contributed by atoms with Crippen LogP contribution in [0.5, 0.6) is 0 Å². The van der Waals surface area contributed by atoms with Crippen LogP contribution in [-0.4, -0.2) is 98.3 Å². The van der Waals surface area contributed by atoms with E-state index in [9.17, 15) is 22.4 Å². The number of carbonyl (C=O) groups excluding carboxylic acids is 1. The molecule has 11 heteroatoms. The van der Waals surface area contributed by atoms with Crippen LogP contribution in [0.4, 0.5) is 17.6 Å². The van der Waals surface area contributed by atoms with Gasteiger partial charge in [-0.3, -0.25) is 9.69 Å². The molecule has 7 unspecified atom stereocenters. The van der Waals surface area contributed by atoms with Gasteiger partial charge in [0, 0.05) is 37.0 Å². The molecule has 4 aliphatic heterocycles. The van der Waals surface area contributed by atoms with Crippen LogP contribution in [-0.2, 0) is 9.53 Å². The van der Waals surface area contributed by atoms with Crippen LogP contribution in [0.15, 0.2) is 0 Å². The third-order valence-electron chi connectivity index (χ3n) is 11.6. The highest BCUT2D eigenvalue weighted by Gasteiger charge is 2.58. The number of nitrogens with zero attached hydrogens (tertiary/aromatic N) is 3. The van der Waals surface area contributed by atoms with E-state index in [0.29, 0.717) is 38.6 Å². The van der Waals surface area contributed by atoms with Gasteiger partial charge in [0.05, 0.1) is 32.0 Å². The molecule has 4 heterocycles. The maximum Gasteiger partial charge on any atom is 0.392 e. The molecule has 2 N–H and O–H groups in total. The van der Waals surface area contributed by atoms with Gasteiger partial charge >= 0.3 is 6.18 Å². The Hall–Kier alpha value is -1.01. The summed E-state index contributed by atoms with van der Waals surface area (Å²) in [5.74, 6) is -2.59. The lowest BCUT2D eigenvalue weighted by atomic mass is 9.64. The lowest BCUT2D eigenvalue weighted by Gasteiger charge is -2.52. The average Bonchev–Trinajstić information content (AvgIpc) is 3.45. The van der Waals surface area contributed by atoms with Gasteiger partial charge in [0.15, 0.2) is 0 Å². The zero-order valence-corrected chi connectivity index (χ0v) is 24.0. The van der Waals surface area contributed by atoms with Crippen molar-refractivity contribution in [3.8, 4) is 0 Å². The number of hydrogen-bond donors (Lipinski definition) is 2. The first-order valence-electron chi connectivity index (χ1n) is 15.5. The maximum atomic E-state index is 14.4. The number of hydrogen-bond acceptors (Lipinski definition) is 6. The molecule has 0 aromatic carbocycles. The number of alkyl halides is 4. The normalized spacial score (nSPS) is 43.1. The molecular formula is C29H47F4N5O2. The van der Waals surface area contributed by atoms with Gasteiger partial charge in [0.2, 0.25) is 5.91 Å². The average molecular weight is 574 g/mol. The van der Waals surface area contributed by atoms with E-state index in [1.165, 1.54) is 0 Å². The van der Waals surface area contributed by atoms with Gasteiger partial charge in [0.25, 0.3) is 0 Å². The second-order valence-electron chi connectivity index (χ2n) is 14.1. The fourth-order valence-corrected chi connectivity index (χ4v) is 8.97. The van der Waals surface area contributed by atoms with Crippen molar-refractivity contribution in [1.29, 1.82) is 0 Å². The molecule has 6 aliphatic rings. The minimum atomic E-state index is -4.33. The molecule has 6 fully saturated rings. The topological polar surface area (TPSA) is 60.1 Å². The van der Waals surface area contributed by atoms with Crippen molar-refractivity contribution < 1.29 is 27.1 Å². The number of rotatable bonds is 6. The molecule has 0 aromatic heterocycles. The highest BCUT2D eigenvalue weighted by Crippen LogP contribution is 2.53. The summed E-state index contributed by atoms with van der Waals surface area (Å²) in [4.78, 5) is 19.9. The Bertz CT molecular complexity index is 919. The molecule has 1 amide bonds. The number of halogens is 4. The van der Waals surface area contributed by atoms with Crippen LogP contribution in [0, 0.1) is 40.9 Å². The van der Waals surface area contributed by atoms with Crippen LogP contribution in [0.3, 0.4) is 0 Å². The highest BCUT2D eigenvalue weighted by atomic mass is 19.4. The second-order valence-corrected chi connectivity index (χ2v) is 14.1. The molecule has 228 valence electrons. The summed E-state index contributed by atoms with van der Waals surface area (Å²) in [6.07, 6.45) is 0.990. The summed E-state index contributed by atoms with van der Waals surface area (Å²) in [5.41, 5.74) is 6.61. The predicted octanol–water partition coefficient (Wildman–Crippen LogP) is 3.62. The standard InChI is InChI=1S/C29H47F4N5O2/c1-18-6-7-37(14-25(18)30)12-19-8-22-23(24(9-19)29(31,32)33)13-38(27(22)39)21-5-3-4-20(10-21)28(15-40-16-28)11-26-35-34-17-36(26)2/h18-26,34-35H,3-17H2,1-2H3/t18-,19?,20?,21?,22?,23?,24?,25+,26?/m0/s1. The van der Waals surface area contributed by atoms with Crippen molar-refractivity contribution in [2.45, 2.75) is 82.8 Å². The first-order valence-corrected chi connectivity index (χ1v) is 15.5. The molecule has 0 radical (unpaired) electrons. The smallest absolute Gasteiger partial charge is 0.380 e. The zero-order valence-electron chi connectivity index (χ0n) is 24.0. The first kappa shape index (κ1) is 29.1. The van der Waals surface area contributed by atoms with Gasteiger partial charge in [-0.05, 0) is 82.2 Å². The number of nitrogens with one attached hydrogen (secondary N) is 2. The lowest BCUT2D eigenvalue weighted by Crippen LogP contribution is -2.56. The summed E-state index contributed by atoms with van der Waals surface area (Å²) in [6.45, 7) is 5.81. The molecule has 0 spiro atoms. The van der Waals surface area contributed by atoms with Gasteiger partial charge in [-0.2, -0.15) is 13.2 Å². The fraction of sp³-hybridized carbons (Fsp3) is 0.966. The van der Waals surface area contributed by atoms with Gasteiger partial charge in [-0.15, -0.1) is 0 Å². The Morgan fingerprint density at radius 2 is 1.90 bits per heavy atom. The molecule has 9 atom stereocenters. The van der Waals surface area contributed by atoms with E-state index >= 15 is 0 Å². The summed E-state index contributed by atoms with van der Waals surface area (Å²) in [6, 6.07) is 0.00456. The molecule has 2 saturated carbocycles. The van der Waals surface area contributed by atoms with E-state index < -0.39 is 30.1 Å². The van der Waals surface area contributed by atoms with E-state index in [-0.39, 0.29) is 48.3 Å². The van der Waals surface area contributed by atoms with E-state index in [0.717, 1.165) is 51.7 Å². The van der Waals surface area contributed by atoms with Crippen molar-refractivity contribution in [1.82, 2.24) is 25.6 Å². The monoisotopic (exact) mass is 573 g/mol. The second kappa shape index (κ2) is 11.2. The molecule has 40 heavy (non-hydrogen) atoms. The zero-order chi connectivity index (χ0) is 28.2.